The lowest BCUT2D eigenvalue weighted by Gasteiger charge is -2.19. The summed E-state index contributed by atoms with van der Waals surface area (Å²) >= 11 is 0. The van der Waals surface area contributed by atoms with E-state index in [0.717, 1.165) is 22.3 Å². The molecular weight excluding hydrogens is 404 g/mol. The van der Waals surface area contributed by atoms with Crippen LogP contribution in [0, 0.1) is 36.5 Å². The van der Waals surface area contributed by atoms with Gasteiger partial charge in [0.2, 0.25) is 0 Å². The molecule has 0 heterocycles. The van der Waals surface area contributed by atoms with Crippen LogP contribution in [0.25, 0.3) is 11.1 Å². The van der Waals surface area contributed by atoms with Crippen LogP contribution in [0.15, 0.2) is 36.4 Å². The lowest BCUT2D eigenvalue weighted by atomic mass is 10.00. The second-order valence-corrected chi connectivity index (χ2v) is 7.58. The van der Waals surface area contributed by atoms with Gasteiger partial charge in [-0.25, -0.2) is 9.59 Å². The highest BCUT2D eigenvalue weighted by Crippen LogP contribution is 2.28. The molecule has 0 bridgehead atoms. The molecule has 8 nitrogen and oxygen atoms in total. The van der Waals surface area contributed by atoms with E-state index in [4.69, 9.17) is 10.5 Å². The topological polar surface area (TPSA) is 112 Å². The van der Waals surface area contributed by atoms with E-state index in [-0.39, 0.29) is 24.9 Å². The lowest BCUT2D eigenvalue weighted by molar-refractivity contribution is 0.222. The summed E-state index contributed by atoms with van der Waals surface area (Å²) in [7, 11) is 3.31. The van der Waals surface area contributed by atoms with Crippen LogP contribution >= 0.6 is 0 Å². The van der Waals surface area contributed by atoms with E-state index in [9.17, 15) is 9.59 Å². The zero-order chi connectivity index (χ0) is 23.7. The zero-order valence-electron chi connectivity index (χ0n) is 18.9. The summed E-state index contributed by atoms with van der Waals surface area (Å²) in [5.74, 6) is 0. The first-order valence-electron chi connectivity index (χ1n) is 10.3. The van der Waals surface area contributed by atoms with Crippen molar-refractivity contribution in [1.29, 1.82) is 10.5 Å². The zero-order valence-corrected chi connectivity index (χ0v) is 18.9. The predicted octanol–water partition coefficient (Wildman–Crippen LogP) is 4.73. The van der Waals surface area contributed by atoms with Gasteiger partial charge in [-0.15, -0.1) is 0 Å². The first-order chi connectivity index (χ1) is 15.3. The normalized spacial score (nSPS) is 9.94. The fourth-order valence-electron chi connectivity index (χ4n) is 3.03. The number of urea groups is 2. The highest BCUT2D eigenvalue weighted by Gasteiger charge is 2.12. The number of carbonyl (C=O) groups excluding carboxylic acids is 2. The van der Waals surface area contributed by atoms with Crippen molar-refractivity contribution in [2.75, 3.05) is 37.8 Å². The summed E-state index contributed by atoms with van der Waals surface area (Å²) in [4.78, 5) is 27.5. The number of nitrogens with one attached hydrogen (secondary N) is 2. The number of aryl methyl sites for hydroxylation is 2. The van der Waals surface area contributed by atoms with Gasteiger partial charge in [0.1, 0.15) is 0 Å². The third kappa shape index (κ3) is 6.48. The van der Waals surface area contributed by atoms with Gasteiger partial charge in [0, 0.05) is 38.6 Å². The highest BCUT2D eigenvalue weighted by atomic mass is 16.2. The Labute approximate surface area is 189 Å². The number of carbonyl (C=O) groups is 2. The fourth-order valence-corrected chi connectivity index (χ4v) is 3.03. The molecule has 4 amide bonds. The molecule has 2 N–H and O–H groups in total. The molecule has 2 aromatic carbocycles. The lowest BCUT2D eigenvalue weighted by Crippen LogP contribution is -2.32. The van der Waals surface area contributed by atoms with Crippen LogP contribution in [-0.2, 0) is 0 Å². The van der Waals surface area contributed by atoms with Crippen LogP contribution in [-0.4, -0.2) is 49.0 Å². The van der Waals surface area contributed by atoms with E-state index in [1.807, 2.05) is 62.4 Å². The number of nitriles is 2. The Balaban J connectivity index is 2.11. The smallest absolute Gasteiger partial charge is 0.321 e. The van der Waals surface area contributed by atoms with E-state index in [2.05, 4.69) is 10.6 Å². The maximum absolute atomic E-state index is 12.3. The Morgan fingerprint density at radius 1 is 0.781 bits per heavy atom. The van der Waals surface area contributed by atoms with Crippen molar-refractivity contribution in [3.8, 4) is 23.3 Å². The summed E-state index contributed by atoms with van der Waals surface area (Å²) < 4.78 is 0. The van der Waals surface area contributed by atoms with Crippen molar-refractivity contribution in [3.63, 3.8) is 0 Å². The first kappa shape index (κ1) is 24.2. The van der Waals surface area contributed by atoms with E-state index < -0.39 is 0 Å². The minimum Gasteiger partial charge on any atom is -0.327 e. The molecule has 0 aromatic heterocycles. The van der Waals surface area contributed by atoms with Gasteiger partial charge in [-0.3, -0.25) is 0 Å². The van der Waals surface area contributed by atoms with E-state index in [1.54, 1.807) is 14.1 Å². The largest absolute Gasteiger partial charge is 0.327 e. The molecule has 0 aliphatic heterocycles. The van der Waals surface area contributed by atoms with E-state index in [1.165, 1.54) is 9.80 Å². The van der Waals surface area contributed by atoms with Crippen molar-refractivity contribution in [3.05, 3.63) is 47.5 Å². The van der Waals surface area contributed by atoms with Crippen molar-refractivity contribution in [1.82, 2.24) is 9.80 Å². The summed E-state index contributed by atoms with van der Waals surface area (Å²) in [5, 5.41) is 23.1. The van der Waals surface area contributed by atoms with Crippen molar-refractivity contribution in [2.45, 2.75) is 26.7 Å². The van der Waals surface area contributed by atoms with Crippen molar-refractivity contribution < 1.29 is 9.59 Å². The Bertz CT molecular complexity index is 982. The van der Waals surface area contributed by atoms with Crippen LogP contribution in [0.1, 0.15) is 24.0 Å². The summed E-state index contributed by atoms with van der Waals surface area (Å²) in [5.41, 5.74) is 5.24. The van der Waals surface area contributed by atoms with Gasteiger partial charge < -0.3 is 20.4 Å². The predicted molar refractivity (Wildman–Crippen MR) is 125 cm³/mol. The fraction of sp³-hybridized carbons (Fsp3) is 0.333. The third-order valence-corrected chi connectivity index (χ3v) is 5.08. The van der Waals surface area contributed by atoms with Gasteiger partial charge in [-0.05, 0) is 60.4 Å². The number of hydrogen-bond acceptors (Lipinski definition) is 4. The maximum Gasteiger partial charge on any atom is 0.321 e. The molecule has 0 saturated heterocycles. The minimum atomic E-state index is -0.258. The molecule has 0 spiro atoms. The molecule has 0 aliphatic rings. The Kier molecular flexibility index (Phi) is 8.62. The quantitative estimate of drug-likeness (QED) is 0.659. The Morgan fingerprint density at radius 2 is 1.16 bits per heavy atom. The molecule has 32 heavy (non-hydrogen) atoms. The summed E-state index contributed by atoms with van der Waals surface area (Å²) in [6.07, 6.45) is 0.571. The van der Waals surface area contributed by atoms with E-state index in [0.29, 0.717) is 24.5 Å². The molecule has 0 unspecified atom stereocenters. The van der Waals surface area contributed by atoms with Gasteiger partial charge in [0.25, 0.3) is 0 Å². The standard InChI is InChI=1S/C24H28N6O2/c1-17-15-19(7-9-21(17)27-23(31)29(3)13-5-11-25)20-8-10-22(18(2)16-20)28-24(32)30(4)14-6-12-26/h7-10,15-16H,5-6,13-14H2,1-4H3,(H,27,31)(H,28,32). The number of amides is 4. The molecule has 0 radical (unpaired) electrons. The van der Waals surface area contributed by atoms with Crippen LogP contribution < -0.4 is 10.6 Å². The van der Waals surface area contributed by atoms with Crippen LogP contribution in [0.4, 0.5) is 21.0 Å². The van der Waals surface area contributed by atoms with E-state index >= 15 is 0 Å². The average molecular weight is 433 g/mol. The van der Waals surface area contributed by atoms with Crippen molar-refractivity contribution in [2.24, 2.45) is 0 Å². The third-order valence-electron chi connectivity index (χ3n) is 5.08. The number of anilines is 2. The molecule has 0 aliphatic carbocycles. The molecule has 2 aromatic rings. The minimum absolute atomic E-state index is 0.258. The average Bonchev–Trinajstić information content (AvgIpc) is 2.78. The van der Waals surface area contributed by atoms with Gasteiger partial charge in [-0.2, -0.15) is 10.5 Å². The molecule has 0 atom stereocenters. The second-order valence-electron chi connectivity index (χ2n) is 7.58. The van der Waals surface area contributed by atoms with Crippen LogP contribution in [0.5, 0.6) is 0 Å². The van der Waals surface area contributed by atoms with Gasteiger partial charge in [0.05, 0.1) is 25.0 Å². The maximum atomic E-state index is 12.3. The number of hydrogen-bond donors (Lipinski definition) is 2. The van der Waals surface area contributed by atoms with Crippen LogP contribution in [0.3, 0.4) is 0 Å². The molecular formula is C24H28N6O2. The summed E-state index contributed by atoms with van der Waals surface area (Å²) in [6.45, 7) is 4.59. The Morgan fingerprint density at radius 3 is 1.47 bits per heavy atom. The van der Waals surface area contributed by atoms with Gasteiger partial charge in [-0.1, -0.05) is 12.1 Å². The molecule has 0 fully saturated rings. The summed E-state index contributed by atoms with van der Waals surface area (Å²) in [6, 6.07) is 15.1. The second kappa shape index (κ2) is 11.4. The Hall–Kier alpha value is -4.04. The van der Waals surface area contributed by atoms with Gasteiger partial charge >= 0.3 is 12.1 Å². The number of rotatable bonds is 7. The molecule has 166 valence electrons. The molecule has 8 heteroatoms. The van der Waals surface area contributed by atoms with Gasteiger partial charge in [0.15, 0.2) is 0 Å². The first-order valence-corrected chi connectivity index (χ1v) is 10.3. The van der Waals surface area contributed by atoms with Crippen molar-refractivity contribution >= 4 is 23.4 Å². The number of nitrogens with zero attached hydrogens (tertiary/aromatic N) is 4. The molecule has 2 rings (SSSR count). The number of benzene rings is 2. The monoisotopic (exact) mass is 432 g/mol. The molecule has 0 saturated carbocycles. The highest BCUT2D eigenvalue weighted by molar-refractivity contribution is 5.91. The van der Waals surface area contributed by atoms with Crippen LogP contribution in [0.2, 0.25) is 0 Å². The SMILES string of the molecule is Cc1cc(-c2ccc(NC(=O)N(C)CCC#N)c(C)c2)ccc1NC(=O)N(C)CCC#N.